The molecular formula is C11H27N2O3+. The van der Waals surface area contributed by atoms with Crippen LogP contribution in [0.5, 0.6) is 0 Å². The van der Waals surface area contributed by atoms with Crippen LogP contribution in [0.1, 0.15) is 20.3 Å². The standard InChI is InChI=1S/C6H13NO2.C5H14NO/c1-4(2)3-5(7)6(8)9;1-6(2,3)4-5-7/h4-5H,3,7H2,1-2H3,(H,8,9);7H,4-5H2,1-3H3/q;+1. The van der Waals surface area contributed by atoms with Gasteiger partial charge in [0.1, 0.15) is 12.6 Å². The van der Waals surface area contributed by atoms with Crippen LogP contribution in [0, 0.1) is 5.92 Å². The largest absolute Gasteiger partial charge is 0.480 e. The minimum absolute atomic E-state index is 0.281. The summed E-state index contributed by atoms with van der Waals surface area (Å²) in [6.07, 6.45) is 0.551. The van der Waals surface area contributed by atoms with E-state index in [0.29, 0.717) is 12.3 Å². The van der Waals surface area contributed by atoms with Gasteiger partial charge in [-0.15, -0.1) is 0 Å². The fourth-order valence-electron chi connectivity index (χ4n) is 0.909. The fourth-order valence-corrected chi connectivity index (χ4v) is 0.909. The Morgan fingerprint density at radius 1 is 1.31 bits per heavy atom. The Kier molecular flexibility index (Phi) is 9.42. The maximum absolute atomic E-state index is 10.1. The minimum Gasteiger partial charge on any atom is -0.480 e. The lowest BCUT2D eigenvalue weighted by Gasteiger charge is -2.21. The molecule has 0 aliphatic heterocycles. The second-order valence-corrected chi connectivity index (χ2v) is 5.31. The van der Waals surface area contributed by atoms with Crippen molar-refractivity contribution in [3.8, 4) is 0 Å². The van der Waals surface area contributed by atoms with Gasteiger partial charge in [0, 0.05) is 0 Å². The van der Waals surface area contributed by atoms with Crippen molar-refractivity contribution in [3.63, 3.8) is 0 Å². The van der Waals surface area contributed by atoms with Gasteiger partial charge in [0.2, 0.25) is 0 Å². The zero-order valence-electron chi connectivity index (χ0n) is 11.1. The number of quaternary nitrogens is 1. The summed E-state index contributed by atoms with van der Waals surface area (Å²) < 4.78 is 0.844. The third-order valence-corrected chi connectivity index (χ3v) is 1.81. The first-order valence-electron chi connectivity index (χ1n) is 5.50. The number of aliphatic carboxylic acids is 1. The van der Waals surface area contributed by atoms with E-state index in [1.807, 2.05) is 13.8 Å². The average molecular weight is 235 g/mol. The molecule has 1 atom stereocenters. The van der Waals surface area contributed by atoms with E-state index in [1.165, 1.54) is 0 Å². The Bertz CT molecular complexity index is 188. The van der Waals surface area contributed by atoms with Gasteiger partial charge in [-0.1, -0.05) is 13.8 Å². The van der Waals surface area contributed by atoms with Crippen molar-refractivity contribution in [1.29, 1.82) is 0 Å². The van der Waals surface area contributed by atoms with E-state index in [0.717, 1.165) is 11.0 Å². The minimum atomic E-state index is -0.913. The van der Waals surface area contributed by atoms with Gasteiger partial charge in [-0.3, -0.25) is 4.79 Å². The number of nitrogens with two attached hydrogens (primary N) is 1. The number of hydrogen-bond acceptors (Lipinski definition) is 3. The molecule has 0 aromatic carbocycles. The summed E-state index contributed by atoms with van der Waals surface area (Å²) in [6, 6.07) is -0.690. The van der Waals surface area contributed by atoms with Gasteiger partial charge in [0.05, 0.1) is 27.7 Å². The van der Waals surface area contributed by atoms with Gasteiger partial charge >= 0.3 is 5.97 Å². The van der Waals surface area contributed by atoms with E-state index in [1.54, 1.807) is 0 Å². The summed E-state index contributed by atoms with van der Waals surface area (Å²) in [7, 11) is 6.16. The van der Waals surface area contributed by atoms with E-state index < -0.39 is 12.0 Å². The highest BCUT2D eigenvalue weighted by atomic mass is 16.4. The number of carbonyl (C=O) groups is 1. The molecule has 5 heteroatoms. The van der Waals surface area contributed by atoms with Crippen molar-refractivity contribution >= 4 is 5.97 Å². The van der Waals surface area contributed by atoms with Crippen LogP contribution in [0.2, 0.25) is 0 Å². The van der Waals surface area contributed by atoms with E-state index in [-0.39, 0.29) is 6.61 Å². The predicted molar refractivity (Wildman–Crippen MR) is 65.1 cm³/mol. The molecule has 0 heterocycles. The third-order valence-electron chi connectivity index (χ3n) is 1.81. The lowest BCUT2D eigenvalue weighted by atomic mass is 10.1. The van der Waals surface area contributed by atoms with Crippen LogP contribution in [0.4, 0.5) is 0 Å². The SMILES string of the molecule is CC(C)CC(N)C(=O)O.C[N+](C)(C)CCO. The van der Waals surface area contributed by atoms with Gasteiger partial charge in [-0.05, 0) is 12.3 Å². The Morgan fingerprint density at radius 3 is 1.81 bits per heavy atom. The van der Waals surface area contributed by atoms with Crippen LogP contribution in [-0.4, -0.2) is 61.0 Å². The van der Waals surface area contributed by atoms with E-state index in [2.05, 4.69) is 21.1 Å². The molecule has 0 aromatic rings. The topological polar surface area (TPSA) is 83.6 Å². The van der Waals surface area contributed by atoms with Gasteiger partial charge in [-0.25, -0.2) is 0 Å². The first kappa shape index (κ1) is 17.7. The van der Waals surface area contributed by atoms with E-state index >= 15 is 0 Å². The fraction of sp³-hybridized carbons (Fsp3) is 0.909. The number of nitrogens with zero attached hydrogens (tertiary/aromatic N) is 1. The number of aliphatic hydroxyl groups is 1. The van der Waals surface area contributed by atoms with Crippen molar-refractivity contribution in [2.45, 2.75) is 26.3 Å². The van der Waals surface area contributed by atoms with Crippen molar-refractivity contribution < 1.29 is 19.5 Å². The van der Waals surface area contributed by atoms with Crippen LogP contribution < -0.4 is 5.73 Å². The summed E-state index contributed by atoms with van der Waals surface area (Å²) >= 11 is 0. The lowest BCUT2D eigenvalue weighted by molar-refractivity contribution is -0.870. The molecule has 0 bridgehead atoms. The van der Waals surface area contributed by atoms with Gasteiger partial charge in [0.25, 0.3) is 0 Å². The van der Waals surface area contributed by atoms with Crippen LogP contribution in [0.25, 0.3) is 0 Å². The lowest BCUT2D eigenvalue weighted by Crippen LogP contribution is -2.36. The van der Waals surface area contributed by atoms with Crippen molar-refractivity contribution in [3.05, 3.63) is 0 Å². The second kappa shape index (κ2) is 8.50. The zero-order chi connectivity index (χ0) is 13.4. The normalized spacial score (nSPS) is 13.0. The summed E-state index contributed by atoms with van der Waals surface area (Å²) in [5.74, 6) is -0.556. The number of likely N-dealkylation sites (N-methyl/N-ethyl adjacent to an activating group) is 1. The monoisotopic (exact) mass is 235 g/mol. The van der Waals surface area contributed by atoms with Crippen LogP contribution in [0.15, 0.2) is 0 Å². The molecule has 0 aromatic heterocycles. The van der Waals surface area contributed by atoms with Crippen LogP contribution in [0.3, 0.4) is 0 Å². The number of aliphatic hydroxyl groups excluding tert-OH is 1. The van der Waals surface area contributed by atoms with Crippen LogP contribution in [-0.2, 0) is 4.79 Å². The number of rotatable bonds is 5. The first-order chi connectivity index (χ1) is 7.10. The van der Waals surface area contributed by atoms with E-state index in [9.17, 15) is 4.79 Å². The van der Waals surface area contributed by atoms with Crippen molar-refractivity contribution in [2.75, 3.05) is 34.3 Å². The van der Waals surface area contributed by atoms with Crippen molar-refractivity contribution in [1.82, 2.24) is 0 Å². The van der Waals surface area contributed by atoms with Gasteiger partial charge < -0.3 is 20.4 Å². The van der Waals surface area contributed by atoms with Crippen molar-refractivity contribution in [2.24, 2.45) is 11.7 Å². The molecule has 0 rings (SSSR count). The molecule has 0 saturated heterocycles. The third kappa shape index (κ3) is 15.8. The number of carboxylic acids is 1. The Hall–Kier alpha value is -0.650. The number of carboxylic acid groups (broad SMARTS) is 1. The Morgan fingerprint density at radius 2 is 1.75 bits per heavy atom. The quantitative estimate of drug-likeness (QED) is 0.591. The van der Waals surface area contributed by atoms with Gasteiger partial charge in [0.15, 0.2) is 0 Å². The molecule has 0 aliphatic carbocycles. The smallest absolute Gasteiger partial charge is 0.320 e. The van der Waals surface area contributed by atoms with E-state index in [4.69, 9.17) is 15.9 Å². The molecule has 98 valence electrons. The highest BCUT2D eigenvalue weighted by molar-refractivity contribution is 5.72. The zero-order valence-corrected chi connectivity index (χ0v) is 11.1. The molecule has 0 spiro atoms. The summed E-state index contributed by atoms with van der Waals surface area (Å²) in [4.78, 5) is 10.1. The average Bonchev–Trinajstić information content (AvgIpc) is 2.01. The molecule has 0 amide bonds. The predicted octanol–water partition coefficient (Wildman–Crippen LogP) is 0.129. The molecule has 16 heavy (non-hydrogen) atoms. The highest BCUT2D eigenvalue weighted by Crippen LogP contribution is 2.01. The molecule has 1 unspecified atom stereocenters. The molecule has 0 aliphatic rings. The molecule has 5 nitrogen and oxygen atoms in total. The molecule has 0 saturated carbocycles. The van der Waals surface area contributed by atoms with Crippen LogP contribution >= 0.6 is 0 Å². The molecule has 4 N–H and O–H groups in total. The number of hydrogen-bond donors (Lipinski definition) is 3. The Labute approximate surface area is 98.5 Å². The molecular weight excluding hydrogens is 208 g/mol. The highest BCUT2D eigenvalue weighted by Gasteiger charge is 2.11. The van der Waals surface area contributed by atoms with Gasteiger partial charge in [-0.2, -0.15) is 0 Å². The molecule has 0 fully saturated rings. The maximum atomic E-state index is 10.1. The summed E-state index contributed by atoms with van der Waals surface area (Å²) in [5, 5.41) is 16.7. The molecule has 0 radical (unpaired) electrons. The summed E-state index contributed by atoms with van der Waals surface area (Å²) in [6.45, 7) is 5.01. The Balaban J connectivity index is 0. The first-order valence-corrected chi connectivity index (χ1v) is 5.50. The maximum Gasteiger partial charge on any atom is 0.320 e. The summed E-state index contributed by atoms with van der Waals surface area (Å²) in [5.41, 5.74) is 5.22. The second-order valence-electron chi connectivity index (χ2n) is 5.31.